The first kappa shape index (κ1) is 18.1. The monoisotopic (exact) mass is 375 g/mol. The number of aromatic amines is 1. The molecule has 4 rings (SSSR count). The van der Waals surface area contributed by atoms with E-state index in [1.807, 2.05) is 6.07 Å². The molecule has 0 fully saturated rings. The number of rotatable bonds is 4. The van der Waals surface area contributed by atoms with Crippen molar-refractivity contribution in [2.75, 3.05) is 20.2 Å². The maximum atomic E-state index is 12.4. The number of ether oxygens (including phenoxy) is 1. The lowest BCUT2D eigenvalue weighted by Gasteiger charge is -2.26. The smallest absolute Gasteiger partial charge is 0.337 e. The number of esters is 1. The van der Waals surface area contributed by atoms with E-state index in [9.17, 15) is 9.59 Å². The molecular formula is C22H21N3O3. The van der Waals surface area contributed by atoms with Crippen LogP contribution in [0.5, 0.6) is 0 Å². The predicted octanol–water partition coefficient (Wildman–Crippen LogP) is 3.00. The van der Waals surface area contributed by atoms with E-state index in [-0.39, 0.29) is 5.56 Å². The van der Waals surface area contributed by atoms with E-state index < -0.39 is 5.97 Å². The minimum Gasteiger partial charge on any atom is -0.465 e. The van der Waals surface area contributed by atoms with Gasteiger partial charge in [-0.2, -0.15) is 0 Å². The number of carbonyl (C=O) groups excluding carboxylic acids is 1. The van der Waals surface area contributed by atoms with Gasteiger partial charge < -0.3 is 9.72 Å². The maximum absolute atomic E-state index is 12.4. The van der Waals surface area contributed by atoms with E-state index in [1.54, 1.807) is 18.2 Å². The summed E-state index contributed by atoms with van der Waals surface area (Å²) >= 11 is 0. The lowest BCUT2D eigenvalue weighted by atomic mass is 10.00. The lowest BCUT2D eigenvalue weighted by Crippen LogP contribution is -2.29. The second kappa shape index (κ2) is 7.78. The fraction of sp³-hybridized carbons (Fsp3) is 0.227. The maximum Gasteiger partial charge on any atom is 0.337 e. The third-order valence-corrected chi connectivity index (χ3v) is 4.99. The van der Waals surface area contributed by atoms with Gasteiger partial charge in [-0.25, -0.2) is 9.78 Å². The summed E-state index contributed by atoms with van der Waals surface area (Å²) in [5, 5.41) is 0.460. The van der Waals surface area contributed by atoms with Crippen LogP contribution in [-0.2, 0) is 11.3 Å². The molecule has 142 valence electrons. The molecule has 0 saturated heterocycles. The summed E-state index contributed by atoms with van der Waals surface area (Å²) in [5.74, 6) is 0.149. The zero-order valence-corrected chi connectivity index (χ0v) is 15.6. The van der Waals surface area contributed by atoms with Crippen LogP contribution >= 0.6 is 0 Å². The zero-order chi connectivity index (χ0) is 19.5. The zero-order valence-electron chi connectivity index (χ0n) is 15.6. The highest BCUT2D eigenvalue weighted by molar-refractivity contribution is 5.93. The molecule has 6 heteroatoms. The van der Waals surface area contributed by atoms with Crippen LogP contribution in [-0.4, -0.2) is 41.0 Å². The highest BCUT2D eigenvalue weighted by Gasteiger charge is 2.15. The summed E-state index contributed by atoms with van der Waals surface area (Å²) in [5.41, 5.74) is 3.29. The Labute approximate surface area is 162 Å². The van der Waals surface area contributed by atoms with Gasteiger partial charge in [0.25, 0.3) is 5.56 Å². The predicted molar refractivity (Wildman–Crippen MR) is 108 cm³/mol. The molecule has 6 nitrogen and oxygen atoms in total. The molecule has 0 amide bonds. The molecule has 2 aromatic carbocycles. The van der Waals surface area contributed by atoms with Crippen LogP contribution in [0, 0.1) is 0 Å². The highest BCUT2D eigenvalue weighted by Crippen LogP contribution is 2.22. The molecule has 0 saturated carbocycles. The Bertz CT molecular complexity index is 1100. The van der Waals surface area contributed by atoms with Gasteiger partial charge in [-0.05, 0) is 35.8 Å². The molecule has 1 aliphatic rings. The van der Waals surface area contributed by atoms with Gasteiger partial charge >= 0.3 is 5.97 Å². The van der Waals surface area contributed by atoms with Gasteiger partial charge in [0.15, 0.2) is 0 Å². The van der Waals surface area contributed by atoms with Crippen molar-refractivity contribution in [3.8, 4) is 0 Å². The van der Waals surface area contributed by atoms with Crippen molar-refractivity contribution in [3.63, 3.8) is 0 Å². The molecule has 0 atom stereocenters. The van der Waals surface area contributed by atoms with Gasteiger partial charge in [0.05, 0.1) is 30.1 Å². The highest BCUT2D eigenvalue weighted by atomic mass is 16.5. The molecule has 0 aliphatic carbocycles. The van der Waals surface area contributed by atoms with Gasteiger partial charge in [-0.15, -0.1) is 0 Å². The van der Waals surface area contributed by atoms with E-state index in [0.29, 0.717) is 28.8 Å². The molecule has 0 spiro atoms. The topological polar surface area (TPSA) is 75.3 Å². The molecule has 1 aliphatic heterocycles. The van der Waals surface area contributed by atoms with Crippen LogP contribution in [0.2, 0.25) is 0 Å². The third kappa shape index (κ3) is 3.73. The number of nitrogens with one attached hydrogen (secondary N) is 1. The number of aromatic nitrogens is 2. The van der Waals surface area contributed by atoms with Gasteiger partial charge in [-0.3, -0.25) is 9.69 Å². The summed E-state index contributed by atoms with van der Waals surface area (Å²) in [6.45, 7) is 2.24. The Morgan fingerprint density at radius 1 is 1.21 bits per heavy atom. The number of nitrogens with zero attached hydrogens (tertiary/aromatic N) is 2. The number of H-pyrrole nitrogens is 1. The van der Waals surface area contributed by atoms with Crippen LogP contribution in [0.1, 0.15) is 28.2 Å². The molecule has 1 N–H and O–H groups in total. The van der Waals surface area contributed by atoms with E-state index in [2.05, 4.69) is 45.2 Å². The quantitative estimate of drug-likeness (QED) is 0.710. The lowest BCUT2D eigenvalue weighted by molar-refractivity contribution is 0.0601. The minimum absolute atomic E-state index is 0.200. The Morgan fingerprint density at radius 3 is 2.75 bits per heavy atom. The van der Waals surface area contributed by atoms with E-state index in [0.717, 1.165) is 19.5 Å². The third-order valence-electron chi connectivity index (χ3n) is 4.99. The molecule has 0 bridgehead atoms. The first-order valence-electron chi connectivity index (χ1n) is 9.22. The van der Waals surface area contributed by atoms with Gasteiger partial charge in [-0.1, -0.05) is 36.4 Å². The molecule has 28 heavy (non-hydrogen) atoms. The van der Waals surface area contributed by atoms with Crippen molar-refractivity contribution < 1.29 is 9.53 Å². The average Bonchev–Trinajstić information content (AvgIpc) is 2.74. The van der Waals surface area contributed by atoms with Crippen LogP contribution in [0.25, 0.3) is 16.5 Å². The Balaban J connectivity index is 1.54. The van der Waals surface area contributed by atoms with Gasteiger partial charge in [0.2, 0.25) is 0 Å². The van der Waals surface area contributed by atoms with Crippen LogP contribution in [0.4, 0.5) is 0 Å². The summed E-state index contributed by atoms with van der Waals surface area (Å²) in [6, 6.07) is 15.2. The van der Waals surface area contributed by atoms with E-state index in [4.69, 9.17) is 4.74 Å². The van der Waals surface area contributed by atoms with Crippen molar-refractivity contribution in [1.82, 2.24) is 14.9 Å². The van der Waals surface area contributed by atoms with Crippen molar-refractivity contribution in [2.24, 2.45) is 0 Å². The molecular weight excluding hydrogens is 354 g/mol. The van der Waals surface area contributed by atoms with Crippen LogP contribution in [0.3, 0.4) is 0 Å². The van der Waals surface area contributed by atoms with Crippen molar-refractivity contribution in [2.45, 2.75) is 13.0 Å². The minimum atomic E-state index is -0.444. The fourth-order valence-electron chi connectivity index (χ4n) is 3.49. The summed E-state index contributed by atoms with van der Waals surface area (Å²) in [4.78, 5) is 33.8. The van der Waals surface area contributed by atoms with Crippen molar-refractivity contribution in [1.29, 1.82) is 0 Å². The molecule has 0 radical (unpaired) electrons. The summed E-state index contributed by atoms with van der Waals surface area (Å²) in [6.07, 6.45) is 3.18. The summed E-state index contributed by atoms with van der Waals surface area (Å²) in [7, 11) is 1.33. The van der Waals surface area contributed by atoms with Crippen LogP contribution < -0.4 is 5.56 Å². The number of hydrogen-bond acceptors (Lipinski definition) is 5. The first-order valence-corrected chi connectivity index (χ1v) is 9.22. The standard InChI is InChI=1S/C22H21N3O3/c1-28-22(27)17-7-8-18-19(13-17)23-20(24-21(18)26)14-25-11-9-16(10-12-25)15-5-3-2-4-6-15/h2-9,13H,10-12,14H2,1H3,(H,23,24,26). The number of fused-ring (bicyclic) bond motifs is 1. The number of benzene rings is 2. The number of hydrogen-bond donors (Lipinski definition) is 1. The van der Waals surface area contributed by atoms with Gasteiger partial charge in [0.1, 0.15) is 5.82 Å². The SMILES string of the molecule is COC(=O)c1ccc2c(=O)[nH]c(CN3CC=C(c4ccccc4)CC3)nc2c1. The summed E-state index contributed by atoms with van der Waals surface area (Å²) < 4.78 is 4.75. The Hall–Kier alpha value is -3.25. The van der Waals surface area contributed by atoms with E-state index >= 15 is 0 Å². The number of carbonyl (C=O) groups is 1. The average molecular weight is 375 g/mol. The van der Waals surface area contributed by atoms with Crippen molar-refractivity contribution in [3.05, 3.63) is 81.9 Å². The second-order valence-corrected chi connectivity index (χ2v) is 6.82. The fourth-order valence-corrected chi connectivity index (χ4v) is 3.49. The van der Waals surface area contributed by atoms with E-state index in [1.165, 1.54) is 18.2 Å². The van der Waals surface area contributed by atoms with Gasteiger partial charge in [0, 0.05) is 13.1 Å². The van der Waals surface area contributed by atoms with Crippen LogP contribution in [0.15, 0.2) is 59.4 Å². The molecule has 0 unspecified atom stereocenters. The number of methoxy groups -OCH3 is 1. The Kier molecular flexibility index (Phi) is 5.04. The Morgan fingerprint density at radius 2 is 2.04 bits per heavy atom. The molecule has 2 heterocycles. The molecule has 1 aromatic heterocycles. The normalized spacial score (nSPS) is 14.7. The largest absolute Gasteiger partial charge is 0.465 e. The molecule has 3 aromatic rings. The second-order valence-electron chi connectivity index (χ2n) is 6.82. The first-order chi connectivity index (χ1) is 13.6. The van der Waals surface area contributed by atoms with Crippen molar-refractivity contribution >= 4 is 22.4 Å².